The Balaban J connectivity index is 2.26. The first kappa shape index (κ1) is 13.7. The van der Waals surface area contributed by atoms with Gasteiger partial charge in [-0.2, -0.15) is 0 Å². The molecule has 20 heavy (non-hydrogen) atoms. The molecule has 2 rings (SSSR count). The molecule has 104 valence electrons. The number of nitrogens with one attached hydrogen (secondary N) is 1. The summed E-state index contributed by atoms with van der Waals surface area (Å²) in [6, 6.07) is 8.79. The molecule has 6 heteroatoms. The van der Waals surface area contributed by atoms with Crippen molar-refractivity contribution in [1.29, 1.82) is 0 Å². The highest BCUT2D eigenvalue weighted by Crippen LogP contribution is 2.26. The number of carboxylic acids is 1. The van der Waals surface area contributed by atoms with Gasteiger partial charge in [-0.3, -0.25) is 0 Å². The Morgan fingerprint density at radius 2 is 1.90 bits per heavy atom. The van der Waals surface area contributed by atoms with E-state index in [1.54, 1.807) is 12.1 Å². The maximum absolute atomic E-state index is 13.3. The molecule has 0 saturated carbocycles. The zero-order valence-corrected chi connectivity index (χ0v) is 10.7. The fourth-order valence-electron chi connectivity index (χ4n) is 1.74. The van der Waals surface area contributed by atoms with Crippen molar-refractivity contribution in [2.75, 3.05) is 18.2 Å². The van der Waals surface area contributed by atoms with Crippen molar-refractivity contribution in [3.63, 3.8) is 0 Å². The van der Waals surface area contributed by atoms with Gasteiger partial charge in [0.1, 0.15) is 0 Å². The summed E-state index contributed by atoms with van der Waals surface area (Å²) in [5.74, 6) is -1.43. The number of nitrogens with two attached hydrogens (primary N) is 1. The Labute approximate surface area is 114 Å². The van der Waals surface area contributed by atoms with Crippen LogP contribution in [0.1, 0.15) is 10.4 Å². The molecular weight excluding hydrogens is 263 g/mol. The lowest BCUT2D eigenvalue weighted by Gasteiger charge is -2.10. The summed E-state index contributed by atoms with van der Waals surface area (Å²) in [7, 11) is 1.38. The molecule has 2 aromatic carbocycles. The average molecular weight is 276 g/mol. The third-order valence-electron chi connectivity index (χ3n) is 2.72. The normalized spacial score (nSPS) is 10.1. The SMILES string of the molecule is COc1cc(Nc2ccc(C(=O)O)c(N)c2)ccc1F. The van der Waals surface area contributed by atoms with Gasteiger partial charge in [0.05, 0.1) is 12.7 Å². The van der Waals surface area contributed by atoms with Crippen molar-refractivity contribution in [3.05, 3.63) is 47.8 Å². The van der Waals surface area contributed by atoms with Gasteiger partial charge in [-0.05, 0) is 30.3 Å². The maximum Gasteiger partial charge on any atom is 0.337 e. The number of hydrogen-bond donors (Lipinski definition) is 3. The van der Waals surface area contributed by atoms with Crippen molar-refractivity contribution >= 4 is 23.0 Å². The molecule has 0 atom stereocenters. The van der Waals surface area contributed by atoms with E-state index in [-0.39, 0.29) is 17.0 Å². The Hall–Kier alpha value is -2.76. The zero-order chi connectivity index (χ0) is 14.7. The van der Waals surface area contributed by atoms with E-state index in [1.807, 2.05) is 0 Å². The van der Waals surface area contributed by atoms with Gasteiger partial charge in [0, 0.05) is 23.1 Å². The number of carbonyl (C=O) groups is 1. The molecule has 0 unspecified atom stereocenters. The molecular formula is C14H13FN2O3. The highest BCUT2D eigenvalue weighted by Gasteiger charge is 2.09. The second-order valence-corrected chi connectivity index (χ2v) is 4.08. The molecule has 0 aliphatic rings. The molecule has 0 aromatic heterocycles. The Bertz CT molecular complexity index is 659. The number of halogens is 1. The van der Waals surface area contributed by atoms with E-state index in [0.717, 1.165) is 0 Å². The number of rotatable bonds is 4. The van der Waals surface area contributed by atoms with Gasteiger partial charge in [-0.25, -0.2) is 9.18 Å². The van der Waals surface area contributed by atoms with Gasteiger partial charge in [0.25, 0.3) is 0 Å². The van der Waals surface area contributed by atoms with Crippen LogP contribution in [0.25, 0.3) is 0 Å². The van der Waals surface area contributed by atoms with Crippen LogP contribution in [-0.2, 0) is 0 Å². The van der Waals surface area contributed by atoms with E-state index in [1.165, 1.54) is 31.4 Å². The zero-order valence-electron chi connectivity index (χ0n) is 10.7. The molecule has 5 nitrogen and oxygen atoms in total. The van der Waals surface area contributed by atoms with Gasteiger partial charge >= 0.3 is 5.97 Å². The molecule has 4 N–H and O–H groups in total. The number of hydrogen-bond acceptors (Lipinski definition) is 4. The molecule has 0 radical (unpaired) electrons. The van der Waals surface area contributed by atoms with Gasteiger partial charge in [-0.1, -0.05) is 0 Å². The molecule has 0 aliphatic carbocycles. The van der Waals surface area contributed by atoms with E-state index < -0.39 is 11.8 Å². The van der Waals surface area contributed by atoms with Gasteiger partial charge in [-0.15, -0.1) is 0 Å². The lowest BCUT2D eigenvalue weighted by molar-refractivity contribution is 0.0698. The van der Waals surface area contributed by atoms with E-state index in [4.69, 9.17) is 15.6 Å². The van der Waals surface area contributed by atoms with Gasteiger partial charge in [0.15, 0.2) is 11.6 Å². The fourth-order valence-corrected chi connectivity index (χ4v) is 1.74. The minimum absolute atomic E-state index is 0.0345. The number of aromatic carboxylic acids is 1. The van der Waals surface area contributed by atoms with E-state index >= 15 is 0 Å². The first-order valence-corrected chi connectivity index (χ1v) is 5.74. The molecule has 0 saturated heterocycles. The third kappa shape index (κ3) is 2.80. The Morgan fingerprint density at radius 1 is 1.25 bits per heavy atom. The number of anilines is 3. The first-order valence-electron chi connectivity index (χ1n) is 5.74. The van der Waals surface area contributed by atoms with Crippen LogP contribution in [0.15, 0.2) is 36.4 Å². The Kier molecular flexibility index (Phi) is 3.74. The summed E-state index contributed by atoms with van der Waals surface area (Å²) >= 11 is 0. The second kappa shape index (κ2) is 5.48. The lowest BCUT2D eigenvalue weighted by Crippen LogP contribution is -2.03. The standard InChI is InChI=1S/C14H13FN2O3/c1-20-13-7-9(3-5-11(13)15)17-8-2-4-10(14(18)19)12(16)6-8/h2-7,17H,16H2,1H3,(H,18,19). The predicted molar refractivity (Wildman–Crippen MR) is 74.0 cm³/mol. The van der Waals surface area contributed by atoms with Crippen LogP contribution < -0.4 is 15.8 Å². The number of benzene rings is 2. The summed E-state index contributed by atoms with van der Waals surface area (Å²) in [5, 5.41) is 11.9. The summed E-state index contributed by atoms with van der Waals surface area (Å²) in [5.41, 5.74) is 7.04. The average Bonchev–Trinajstić information content (AvgIpc) is 2.40. The van der Waals surface area contributed by atoms with Crippen molar-refractivity contribution in [2.24, 2.45) is 0 Å². The molecule has 0 spiro atoms. The van der Waals surface area contributed by atoms with E-state index in [2.05, 4.69) is 5.32 Å². The van der Waals surface area contributed by atoms with Crippen molar-refractivity contribution in [2.45, 2.75) is 0 Å². The number of methoxy groups -OCH3 is 1. The Morgan fingerprint density at radius 3 is 2.50 bits per heavy atom. The van der Waals surface area contributed by atoms with Crippen molar-refractivity contribution in [3.8, 4) is 5.75 Å². The molecule has 0 fully saturated rings. The quantitative estimate of drug-likeness (QED) is 0.748. The minimum Gasteiger partial charge on any atom is -0.494 e. The van der Waals surface area contributed by atoms with Crippen LogP contribution in [0.5, 0.6) is 5.75 Å². The minimum atomic E-state index is -1.09. The van der Waals surface area contributed by atoms with E-state index in [0.29, 0.717) is 11.4 Å². The van der Waals surface area contributed by atoms with Crippen molar-refractivity contribution < 1.29 is 19.0 Å². The third-order valence-corrected chi connectivity index (χ3v) is 2.72. The summed E-state index contributed by atoms with van der Waals surface area (Å²) < 4.78 is 18.2. The van der Waals surface area contributed by atoms with Crippen LogP contribution in [0.4, 0.5) is 21.5 Å². The number of carboxylic acid groups (broad SMARTS) is 1. The predicted octanol–water partition coefficient (Wildman–Crippen LogP) is 2.86. The van der Waals surface area contributed by atoms with Crippen LogP contribution in [-0.4, -0.2) is 18.2 Å². The number of nitrogen functional groups attached to an aromatic ring is 1. The van der Waals surface area contributed by atoms with Crippen LogP contribution >= 0.6 is 0 Å². The molecule has 0 aliphatic heterocycles. The lowest BCUT2D eigenvalue weighted by atomic mass is 10.1. The number of ether oxygens (including phenoxy) is 1. The molecule has 0 bridgehead atoms. The first-order chi connectivity index (χ1) is 9.51. The largest absolute Gasteiger partial charge is 0.494 e. The monoisotopic (exact) mass is 276 g/mol. The fraction of sp³-hybridized carbons (Fsp3) is 0.0714. The highest BCUT2D eigenvalue weighted by atomic mass is 19.1. The van der Waals surface area contributed by atoms with E-state index in [9.17, 15) is 9.18 Å². The second-order valence-electron chi connectivity index (χ2n) is 4.08. The highest BCUT2D eigenvalue weighted by molar-refractivity contribution is 5.94. The smallest absolute Gasteiger partial charge is 0.337 e. The molecule has 0 amide bonds. The molecule has 0 heterocycles. The summed E-state index contributed by atoms with van der Waals surface area (Å²) in [6.07, 6.45) is 0. The molecule has 2 aromatic rings. The topological polar surface area (TPSA) is 84.6 Å². The van der Waals surface area contributed by atoms with Crippen LogP contribution in [0.2, 0.25) is 0 Å². The summed E-state index contributed by atoms with van der Waals surface area (Å²) in [4.78, 5) is 10.9. The van der Waals surface area contributed by atoms with Gasteiger partial charge in [0.2, 0.25) is 0 Å². The van der Waals surface area contributed by atoms with Crippen LogP contribution in [0, 0.1) is 5.82 Å². The van der Waals surface area contributed by atoms with Crippen LogP contribution in [0.3, 0.4) is 0 Å². The summed E-state index contributed by atoms with van der Waals surface area (Å²) in [6.45, 7) is 0. The van der Waals surface area contributed by atoms with Crippen molar-refractivity contribution in [1.82, 2.24) is 0 Å². The van der Waals surface area contributed by atoms with Gasteiger partial charge < -0.3 is 20.9 Å². The maximum atomic E-state index is 13.3.